The molecule has 1 aromatic carbocycles. The second-order valence-electron chi connectivity index (χ2n) is 4.35. The number of hydrazone groups is 1. The molecule has 0 atom stereocenters. The lowest BCUT2D eigenvalue weighted by Gasteiger charge is -2.14. The first-order chi connectivity index (χ1) is 10.3. The molecule has 2 rings (SSSR count). The molecule has 0 N–H and O–H groups in total. The van der Waals surface area contributed by atoms with Gasteiger partial charge in [0.25, 0.3) is 0 Å². The van der Waals surface area contributed by atoms with Crippen molar-refractivity contribution in [2.24, 2.45) is 5.10 Å². The van der Waals surface area contributed by atoms with E-state index in [9.17, 15) is 13.2 Å². The van der Waals surface area contributed by atoms with Gasteiger partial charge in [-0.1, -0.05) is 35.3 Å². The molecule has 0 fully saturated rings. The van der Waals surface area contributed by atoms with Crippen LogP contribution in [0.2, 0.25) is 10.2 Å². The average molecular weight is 348 g/mol. The lowest BCUT2D eigenvalue weighted by atomic mass is 10.2. The van der Waals surface area contributed by atoms with Crippen LogP contribution >= 0.6 is 23.2 Å². The van der Waals surface area contributed by atoms with E-state index in [1.54, 1.807) is 24.3 Å². The van der Waals surface area contributed by atoms with Crippen LogP contribution in [-0.2, 0) is 6.18 Å². The Hall–Kier alpha value is -1.79. The summed E-state index contributed by atoms with van der Waals surface area (Å²) in [7, 11) is 1.48. The molecule has 0 saturated carbocycles. The molecule has 0 aliphatic rings. The molecule has 0 saturated heterocycles. The molecule has 8 heteroatoms. The maximum absolute atomic E-state index is 12.7. The zero-order valence-electron chi connectivity index (χ0n) is 11.3. The third kappa shape index (κ3) is 4.35. The Bertz CT molecular complexity index is 685. The van der Waals surface area contributed by atoms with Crippen LogP contribution in [0, 0.1) is 0 Å². The third-order valence-corrected chi connectivity index (χ3v) is 3.14. The predicted molar refractivity (Wildman–Crippen MR) is 81.7 cm³/mol. The van der Waals surface area contributed by atoms with E-state index < -0.39 is 11.7 Å². The fraction of sp³-hybridized carbons (Fsp3) is 0.143. The van der Waals surface area contributed by atoms with Crippen molar-refractivity contribution in [1.29, 1.82) is 0 Å². The summed E-state index contributed by atoms with van der Waals surface area (Å²) in [6.45, 7) is 0. The monoisotopic (exact) mass is 347 g/mol. The van der Waals surface area contributed by atoms with Gasteiger partial charge in [-0.05, 0) is 29.8 Å². The summed E-state index contributed by atoms with van der Waals surface area (Å²) >= 11 is 11.4. The first-order valence-corrected chi connectivity index (χ1v) is 6.79. The number of rotatable bonds is 3. The fourth-order valence-electron chi connectivity index (χ4n) is 1.57. The SMILES string of the molecule is CN(/N=C/c1ccc(Cl)cc1)c1cc(C(F)(F)F)cc(Cl)n1. The molecule has 0 radical (unpaired) electrons. The Morgan fingerprint density at radius 2 is 1.77 bits per heavy atom. The molecule has 0 amide bonds. The molecule has 3 nitrogen and oxygen atoms in total. The van der Waals surface area contributed by atoms with E-state index in [1.165, 1.54) is 18.3 Å². The van der Waals surface area contributed by atoms with Crippen LogP contribution in [0.3, 0.4) is 0 Å². The number of alkyl halides is 3. The molecular weight excluding hydrogens is 338 g/mol. The van der Waals surface area contributed by atoms with Gasteiger partial charge in [-0.2, -0.15) is 18.3 Å². The maximum atomic E-state index is 12.7. The summed E-state index contributed by atoms with van der Waals surface area (Å²) in [6.07, 6.45) is -3.02. The fourth-order valence-corrected chi connectivity index (χ4v) is 1.90. The molecule has 0 bridgehead atoms. The number of nitrogens with zero attached hydrogens (tertiary/aromatic N) is 3. The topological polar surface area (TPSA) is 28.5 Å². The molecule has 0 aliphatic heterocycles. The Morgan fingerprint density at radius 1 is 1.14 bits per heavy atom. The van der Waals surface area contributed by atoms with E-state index in [0.717, 1.165) is 17.7 Å². The van der Waals surface area contributed by atoms with Gasteiger partial charge >= 0.3 is 6.18 Å². The second-order valence-corrected chi connectivity index (χ2v) is 5.18. The summed E-state index contributed by atoms with van der Waals surface area (Å²) < 4.78 is 38.2. The normalized spacial score (nSPS) is 11.9. The first-order valence-electron chi connectivity index (χ1n) is 6.04. The van der Waals surface area contributed by atoms with Gasteiger partial charge in [-0.3, -0.25) is 5.01 Å². The van der Waals surface area contributed by atoms with E-state index in [0.29, 0.717) is 5.02 Å². The molecule has 1 heterocycles. The lowest BCUT2D eigenvalue weighted by Crippen LogP contribution is -2.13. The average Bonchev–Trinajstić information content (AvgIpc) is 2.45. The van der Waals surface area contributed by atoms with Crippen molar-refractivity contribution in [3.8, 4) is 0 Å². The number of hydrogen-bond donors (Lipinski definition) is 0. The van der Waals surface area contributed by atoms with Crippen molar-refractivity contribution in [1.82, 2.24) is 4.98 Å². The highest BCUT2D eigenvalue weighted by Crippen LogP contribution is 2.32. The van der Waals surface area contributed by atoms with Crippen molar-refractivity contribution in [3.63, 3.8) is 0 Å². The number of pyridine rings is 1. The van der Waals surface area contributed by atoms with E-state index in [1.807, 2.05) is 0 Å². The highest BCUT2D eigenvalue weighted by Gasteiger charge is 2.31. The Labute approximate surface area is 135 Å². The van der Waals surface area contributed by atoms with Crippen LogP contribution in [0.5, 0.6) is 0 Å². The largest absolute Gasteiger partial charge is 0.416 e. The van der Waals surface area contributed by atoms with E-state index in [-0.39, 0.29) is 11.0 Å². The minimum atomic E-state index is -4.50. The second kappa shape index (κ2) is 6.54. The maximum Gasteiger partial charge on any atom is 0.416 e. The van der Waals surface area contributed by atoms with Crippen molar-refractivity contribution < 1.29 is 13.2 Å². The van der Waals surface area contributed by atoms with Gasteiger partial charge in [-0.15, -0.1) is 0 Å². The van der Waals surface area contributed by atoms with Gasteiger partial charge in [0.15, 0.2) is 5.82 Å². The van der Waals surface area contributed by atoms with E-state index in [4.69, 9.17) is 23.2 Å². The first kappa shape index (κ1) is 16.6. The summed E-state index contributed by atoms with van der Waals surface area (Å²) in [4.78, 5) is 3.83. The predicted octanol–water partition coefficient (Wildman–Crippen LogP) is 4.88. The summed E-state index contributed by atoms with van der Waals surface area (Å²) in [5.74, 6) is -0.00922. The van der Waals surface area contributed by atoms with Crippen molar-refractivity contribution in [2.75, 3.05) is 12.1 Å². The van der Waals surface area contributed by atoms with Gasteiger partial charge in [0.05, 0.1) is 11.8 Å². The molecule has 0 spiro atoms. The molecule has 0 unspecified atom stereocenters. The third-order valence-electron chi connectivity index (χ3n) is 2.69. The molecule has 0 aliphatic carbocycles. The molecule has 2 aromatic rings. The summed E-state index contributed by atoms with van der Waals surface area (Å²) in [6, 6.07) is 8.47. The smallest absolute Gasteiger partial charge is 0.251 e. The Balaban J connectivity index is 2.24. The van der Waals surface area contributed by atoms with Gasteiger partial charge in [0.1, 0.15) is 5.15 Å². The van der Waals surface area contributed by atoms with Crippen molar-refractivity contribution in [2.45, 2.75) is 6.18 Å². The Morgan fingerprint density at radius 3 is 2.36 bits per heavy atom. The highest BCUT2D eigenvalue weighted by atomic mass is 35.5. The molecular formula is C14H10Cl2F3N3. The minimum absolute atomic E-state index is 0.00922. The summed E-state index contributed by atoms with van der Waals surface area (Å²) in [5, 5.41) is 5.57. The van der Waals surface area contributed by atoms with Crippen LogP contribution in [0.25, 0.3) is 0 Å². The Kier molecular flexibility index (Phi) is 4.93. The van der Waals surface area contributed by atoms with Crippen LogP contribution < -0.4 is 5.01 Å². The number of halogens is 5. The number of anilines is 1. The molecule has 22 heavy (non-hydrogen) atoms. The van der Waals surface area contributed by atoms with Crippen LogP contribution in [0.15, 0.2) is 41.5 Å². The van der Waals surface area contributed by atoms with Gasteiger partial charge in [0, 0.05) is 12.1 Å². The number of benzene rings is 1. The standard InChI is InChI=1S/C14H10Cl2F3N3/c1-22(20-8-9-2-4-11(15)5-3-9)13-7-10(14(17,18)19)6-12(16)21-13/h2-8H,1H3/b20-8+. The van der Waals surface area contributed by atoms with Crippen molar-refractivity contribution in [3.05, 3.63) is 57.7 Å². The van der Waals surface area contributed by atoms with Gasteiger partial charge < -0.3 is 0 Å². The summed E-state index contributed by atoms with van der Waals surface area (Å²) in [5.41, 5.74) is -0.134. The highest BCUT2D eigenvalue weighted by molar-refractivity contribution is 6.30. The minimum Gasteiger partial charge on any atom is -0.251 e. The van der Waals surface area contributed by atoms with Crippen LogP contribution in [0.4, 0.5) is 19.0 Å². The van der Waals surface area contributed by atoms with Gasteiger partial charge in [0.2, 0.25) is 0 Å². The lowest BCUT2D eigenvalue weighted by molar-refractivity contribution is -0.137. The van der Waals surface area contributed by atoms with E-state index >= 15 is 0 Å². The zero-order chi connectivity index (χ0) is 16.3. The zero-order valence-corrected chi connectivity index (χ0v) is 12.8. The van der Waals surface area contributed by atoms with Crippen molar-refractivity contribution >= 4 is 35.2 Å². The van der Waals surface area contributed by atoms with E-state index in [2.05, 4.69) is 10.1 Å². The number of hydrogen-bond acceptors (Lipinski definition) is 3. The molecule has 116 valence electrons. The van der Waals surface area contributed by atoms with Crippen LogP contribution in [-0.4, -0.2) is 18.2 Å². The van der Waals surface area contributed by atoms with Gasteiger partial charge in [-0.25, -0.2) is 4.98 Å². The molecule has 1 aromatic heterocycles. The number of aromatic nitrogens is 1. The van der Waals surface area contributed by atoms with Crippen LogP contribution in [0.1, 0.15) is 11.1 Å². The quantitative estimate of drug-likeness (QED) is 0.449.